The van der Waals surface area contributed by atoms with Crippen LogP contribution in [0.25, 0.3) is 5.82 Å². The van der Waals surface area contributed by atoms with E-state index in [1.165, 1.54) is 19.2 Å². The molecular weight excluding hydrogens is 250 g/mol. The lowest BCUT2D eigenvalue weighted by Crippen LogP contribution is -2.19. The Kier molecular flexibility index (Phi) is 2.76. The number of aromatic nitrogens is 4. The molecule has 5 heteroatoms. The lowest BCUT2D eigenvalue weighted by atomic mass is 9.93. The Bertz CT molecular complexity index is 619. The second-order valence-corrected chi connectivity index (χ2v) is 5.64. The van der Waals surface area contributed by atoms with Crippen LogP contribution >= 0.6 is 0 Å². The van der Waals surface area contributed by atoms with E-state index in [0.29, 0.717) is 0 Å². The van der Waals surface area contributed by atoms with E-state index < -0.39 is 0 Å². The maximum atomic E-state index is 4.40. The van der Waals surface area contributed by atoms with Crippen LogP contribution in [0.4, 0.5) is 5.69 Å². The Balaban J connectivity index is 1.50. The standard InChI is InChI=1S/C15H17N5/c1-2-14(15(17-5-1)20-10-16-9-19-20)18-8-13-7-11-3-4-12(13)6-11/h1-5,9-13,18H,6-8H2. The number of hydrogen-bond donors (Lipinski definition) is 1. The highest BCUT2D eigenvalue weighted by atomic mass is 15.3. The highest BCUT2D eigenvalue weighted by molar-refractivity contribution is 5.56. The van der Waals surface area contributed by atoms with Gasteiger partial charge in [0.05, 0.1) is 5.69 Å². The predicted octanol–water partition coefficient (Wildman–Crippen LogP) is 2.29. The van der Waals surface area contributed by atoms with Crippen molar-refractivity contribution in [1.29, 1.82) is 0 Å². The maximum absolute atomic E-state index is 4.40. The maximum Gasteiger partial charge on any atom is 0.178 e. The van der Waals surface area contributed by atoms with E-state index in [1.807, 2.05) is 12.1 Å². The fourth-order valence-electron chi connectivity index (χ4n) is 3.41. The molecule has 0 aliphatic heterocycles. The van der Waals surface area contributed by atoms with Crippen LogP contribution < -0.4 is 5.32 Å². The van der Waals surface area contributed by atoms with Crippen molar-refractivity contribution >= 4 is 5.69 Å². The summed E-state index contributed by atoms with van der Waals surface area (Å²) in [7, 11) is 0. The minimum Gasteiger partial charge on any atom is -0.382 e. The van der Waals surface area contributed by atoms with Crippen molar-refractivity contribution in [2.24, 2.45) is 17.8 Å². The average Bonchev–Trinajstić information content (AvgIpc) is 3.22. The molecule has 2 aromatic rings. The Morgan fingerprint density at radius 1 is 1.30 bits per heavy atom. The first-order valence-corrected chi connectivity index (χ1v) is 7.12. The van der Waals surface area contributed by atoms with E-state index in [2.05, 4.69) is 32.5 Å². The summed E-state index contributed by atoms with van der Waals surface area (Å²) in [5.41, 5.74) is 1.02. The van der Waals surface area contributed by atoms with Gasteiger partial charge in [0.25, 0.3) is 0 Å². The number of allylic oxidation sites excluding steroid dienone is 2. The van der Waals surface area contributed by atoms with Gasteiger partial charge in [-0.25, -0.2) is 14.6 Å². The van der Waals surface area contributed by atoms with Crippen molar-refractivity contribution < 1.29 is 0 Å². The molecule has 0 amide bonds. The second-order valence-electron chi connectivity index (χ2n) is 5.64. The fraction of sp³-hybridized carbons (Fsp3) is 0.400. The van der Waals surface area contributed by atoms with Crippen LogP contribution in [0.3, 0.4) is 0 Å². The van der Waals surface area contributed by atoms with E-state index in [4.69, 9.17) is 0 Å². The van der Waals surface area contributed by atoms with Gasteiger partial charge in [0.1, 0.15) is 12.7 Å². The van der Waals surface area contributed by atoms with Gasteiger partial charge in [0, 0.05) is 12.7 Å². The molecular formula is C15H17N5. The normalized spacial score (nSPS) is 27.1. The zero-order valence-electron chi connectivity index (χ0n) is 11.2. The first-order valence-electron chi connectivity index (χ1n) is 7.12. The Hall–Kier alpha value is -2.17. The Labute approximate surface area is 117 Å². The first kappa shape index (κ1) is 11.6. The van der Waals surface area contributed by atoms with Gasteiger partial charge >= 0.3 is 0 Å². The number of pyridine rings is 1. The molecule has 20 heavy (non-hydrogen) atoms. The highest BCUT2D eigenvalue weighted by Crippen LogP contribution is 2.43. The summed E-state index contributed by atoms with van der Waals surface area (Å²) in [6.07, 6.45) is 12.4. The highest BCUT2D eigenvalue weighted by Gasteiger charge is 2.35. The smallest absolute Gasteiger partial charge is 0.178 e. The molecule has 1 saturated carbocycles. The van der Waals surface area contributed by atoms with Gasteiger partial charge < -0.3 is 5.32 Å². The van der Waals surface area contributed by atoms with Crippen molar-refractivity contribution in [3.8, 4) is 5.82 Å². The summed E-state index contributed by atoms with van der Waals surface area (Å²) >= 11 is 0. The Morgan fingerprint density at radius 2 is 2.30 bits per heavy atom. The van der Waals surface area contributed by atoms with Crippen LogP contribution in [0.1, 0.15) is 12.8 Å². The van der Waals surface area contributed by atoms with Crippen LogP contribution in [0, 0.1) is 17.8 Å². The molecule has 0 aromatic carbocycles. The minimum absolute atomic E-state index is 0.744. The van der Waals surface area contributed by atoms with Crippen molar-refractivity contribution in [1.82, 2.24) is 19.7 Å². The zero-order valence-corrected chi connectivity index (χ0v) is 11.2. The van der Waals surface area contributed by atoms with E-state index in [0.717, 1.165) is 35.8 Å². The number of fused-ring (bicyclic) bond motifs is 2. The van der Waals surface area contributed by atoms with Gasteiger partial charge in [-0.05, 0) is 42.7 Å². The average molecular weight is 267 g/mol. The molecule has 3 unspecified atom stereocenters. The zero-order chi connectivity index (χ0) is 13.4. The van der Waals surface area contributed by atoms with Gasteiger partial charge in [-0.15, -0.1) is 0 Å². The molecule has 1 N–H and O–H groups in total. The Morgan fingerprint density at radius 3 is 3.05 bits per heavy atom. The molecule has 2 aliphatic rings. The summed E-state index contributed by atoms with van der Waals surface area (Å²) in [4.78, 5) is 8.38. The molecule has 0 spiro atoms. The minimum atomic E-state index is 0.744. The number of anilines is 1. The van der Waals surface area contributed by atoms with E-state index >= 15 is 0 Å². The van der Waals surface area contributed by atoms with Crippen LogP contribution in [-0.4, -0.2) is 26.3 Å². The molecule has 2 aromatic heterocycles. The molecule has 2 aliphatic carbocycles. The number of nitrogens with one attached hydrogen (secondary N) is 1. The largest absolute Gasteiger partial charge is 0.382 e. The molecule has 4 rings (SSSR count). The van der Waals surface area contributed by atoms with Crippen LogP contribution in [0.5, 0.6) is 0 Å². The van der Waals surface area contributed by atoms with Crippen molar-refractivity contribution in [3.63, 3.8) is 0 Å². The number of rotatable bonds is 4. The molecule has 0 saturated heterocycles. The van der Waals surface area contributed by atoms with E-state index in [1.54, 1.807) is 17.2 Å². The van der Waals surface area contributed by atoms with Crippen LogP contribution in [0.15, 0.2) is 43.1 Å². The summed E-state index contributed by atoms with van der Waals surface area (Å²) in [6, 6.07) is 4.00. The third-order valence-electron chi connectivity index (χ3n) is 4.39. The van der Waals surface area contributed by atoms with E-state index in [9.17, 15) is 0 Å². The second kappa shape index (κ2) is 4.74. The molecule has 2 heterocycles. The molecule has 5 nitrogen and oxygen atoms in total. The quantitative estimate of drug-likeness (QED) is 0.863. The predicted molar refractivity (Wildman–Crippen MR) is 76.5 cm³/mol. The molecule has 0 radical (unpaired) electrons. The SMILES string of the molecule is C1=CC2CC1CC2CNc1cccnc1-n1cncn1. The van der Waals surface area contributed by atoms with Crippen molar-refractivity contribution in [2.75, 3.05) is 11.9 Å². The monoisotopic (exact) mass is 267 g/mol. The molecule has 2 bridgehead atoms. The van der Waals surface area contributed by atoms with Crippen LogP contribution in [0.2, 0.25) is 0 Å². The topological polar surface area (TPSA) is 55.6 Å². The lowest BCUT2D eigenvalue weighted by molar-refractivity contribution is 0.472. The third kappa shape index (κ3) is 1.99. The lowest BCUT2D eigenvalue weighted by Gasteiger charge is -2.20. The molecule has 3 atom stereocenters. The summed E-state index contributed by atoms with van der Waals surface area (Å²) < 4.78 is 1.70. The fourth-order valence-corrected chi connectivity index (χ4v) is 3.41. The summed E-state index contributed by atoms with van der Waals surface area (Å²) in [6.45, 7) is 0.999. The van der Waals surface area contributed by atoms with Gasteiger partial charge in [0.2, 0.25) is 0 Å². The van der Waals surface area contributed by atoms with Gasteiger partial charge in [-0.3, -0.25) is 0 Å². The van der Waals surface area contributed by atoms with Crippen LogP contribution in [-0.2, 0) is 0 Å². The summed E-state index contributed by atoms with van der Waals surface area (Å²) in [5.74, 6) is 3.13. The van der Waals surface area contributed by atoms with Gasteiger partial charge in [-0.2, -0.15) is 5.10 Å². The molecule has 102 valence electrons. The van der Waals surface area contributed by atoms with E-state index in [-0.39, 0.29) is 0 Å². The van der Waals surface area contributed by atoms with Gasteiger partial charge in [-0.1, -0.05) is 12.2 Å². The first-order chi connectivity index (χ1) is 9.90. The van der Waals surface area contributed by atoms with Gasteiger partial charge in [0.15, 0.2) is 5.82 Å². The number of nitrogens with zero attached hydrogens (tertiary/aromatic N) is 4. The summed E-state index contributed by atoms with van der Waals surface area (Å²) in [5, 5.41) is 7.70. The molecule has 1 fully saturated rings. The van der Waals surface area contributed by atoms with Crippen molar-refractivity contribution in [2.45, 2.75) is 12.8 Å². The van der Waals surface area contributed by atoms with Crippen molar-refractivity contribution in [3.05, 3.63) is 43.1 Å². The number of hydrogen-bond acceptors (Lipinski definition) is 4. The third-order valence-corrected chi connectivity index (χ3v) is 4.39.